The molecule has 5 rings (SSSR count). The minimum Gasteiger partial charge on any atom is -0.371 e. The topological polar surface area (TPSA) is 84.9 Å². The zero-order valence-corrected chi connectivity index (χ0v) is 21.6. The lowest BCUT2D eigenvalue weighted by molar-refractivity contribution is -0.132. The summed E-state index contributed by atoms with van der Waals surface area (Å²) in [6.07, 6.45) is -0.310. The quantitative estimate of drug-likeness (QED) is 0.412. The molecule has 0 bridgehead atoms. The van der Waals surface area contributed by atoms with Crippen LogP contribution in [0.2, 0.25) is 5.02 Å². The third kappa shape index (κ3) is 5.32. The van der Waals surface area contributed by atoms with Gasteiger partial charge in [-0.15, -0.1) is 0 Å². The van der Waals surface area contributed by atoms with Crippen LogP contribution in [-0.4, -0.2) is 51.6 Å². The van der Waals surface area contributed by atoms with Gasteiger partial charge in [-0.2, -0.15) is 0 Å². The van der Waals surface area contributed by atoms with E-state index in [0.29, 0.717) is 5.56 Å². The van der Waals surface area contributed by atoms with E-state index in [1.54, 1.807) is 35.9 Å². The summed E-state index contributed by atoms with van der Waals surface area (Å²) in [5, 5.41) is 19.6. The second-order valence-corrected chi connectivity index (χ2v) is 11.0. The van der Waals surface area contributed by atoms with Crippen LogP contribution in [-0.2, 0) is 9.59 Å². The summed E-state index contributed by atoms with van der Waals surface area (Å²) in [6.45, 7) is 0. The van der Waals surface area contributed by atoms with Crippen LogP contribution in [0.5, 0.6) is 0 Å². The lowest BCUT2D eigenvalue weighted by Gasteiger charge is -2.43. The van der Waals surface area contributed by atoms with Crippen LogP contribution in [0.4, 0.5) is 18.9 Å². The third-order valence-electron chi connectivity index (χ3n) is 6.96. The fraction of sp³-hybridized carbons (Fsp3) is 0.385. The zero-order chi connectivity index (χ0) is 27.0. The van der Waals surface area contributed by atoms with Gasteiger partial charge in [0.05, 0.1) is 6.04 Å². The molecule has 0 radical (unpaired) electrons. The van der Waals surface area contributed by atoms with E-state index in [-0.39, 0.29) is 29.5 Å². The molecule has 2 unspecified atom stereocenters. The van der Waals surface area contributed by atoms with Crippen molar-refractivity contribution in [3.63, 3.8) is 0 Å². The zero-order valence-electron chi connectivity index (χ0n) is 20.1. The number of aliphatic hydroxyl groups is 1. The van der Waals surface area contributed by atoms with Gasteiger partial charge in [0.25, 0.3) is 5.92 Å². The smallest absolute Gasteiger partial charge is 0.252 e. The van der Waals surface area contributed by atoms with Crippen molar-refractivity contribution in [2.24, 2.45) is 0 Å². The van der Waals surface area contributed by atoms with Gasteiger partial charge in [0.2, 0.25) is 11.8 Å². The Kier molecular flexibility index (Phi) is 7.52. The molecule has 3 N–H and O–H groups in total. The molecule has 3 aliphatic rings. The number of alkyl halides is 2. The molecule has 1 saturated carbocycles. The summed E-state index contributed by atoms with van der Waals surface area (Å²) in [7, 11) is 0. The Hall–Kier alpha value is -2.89. The number of rotatable bonds is 8. The number of aliphatic hydroxyl groups excluding tert-OH is 1. The molecule has 1 aliphatic carbocycles. The van der Waals surface area contributed by atoms with E-state index >= 15 is 0 Å². The minimum atomic E-state index is -2.86. The van der Waals surface area contributed by atoms with Gasteiger partial charge < -0.3 is 25.5 Å². The van der Waals surface area contributed by atoms with Crippen LogP contribution in [0.15, 0.2) is 60.1 Å². The van der Waals surface area contributed by atoms with Crippen LogP contribution in [0.1, 0.15) is 37.3 Å². The Labute approximate surface area is 227 Å². The number of benzene rings is 2. The number of halogens is 4. The molecule has 4 atom stereocenters. The first-order valence-corrected chi connectivity index (χ1v) is 13.5. The van der Waals surface area contributed by atoms with E-state index in [4.69, 9.17) is 11.6 Å². The van der Waals surface area contributed by atoms with Crippen LogP contribution < -0.4 is 15.5 Å². The van der Waals surface area contributed by atoms with Gasteiger partial charge in [0, 0.05) is 47.8 Å². The summed E-state index contributed by atoms with van der Waals surface area (Å²) in [5.74, 6) is -4.32. The third-order valence-corrected chi connectivity index (χ3v) is 8.22. The Balaban J connectivity index is 1.56. The molecule has 2 aliphatic heterocycles. The maximum Gasteiger partial charge on any atom is 0.252 e. The summed E-state index contributed by atoms with van der Waals surface area (Å²) in [4.78, 5) is 29.5. The highest BCUT2D eigenvalue weighted by atomic mass is 35.5. The molecule has 1 saturated heterocycles. The van der Waals surface area contributed by atoms with Crippen LogP contribution in [0.25, 0.3) is 0 Å². The Morgan fingerprint density at radius 2 is 2.00 bits per heavy atom. The first-order chi connectivity index (χ1) is 18.1. The van der Waals surface area contributed by atoms with Gasteiger partial charge in [0.1, 0.15) is 18.1 Å². The number of carbonyl (C=O) groups excluding carboxylic acids is 2. The van der Waals surface area contributed by atoms with Crippen molar-refractivity contribution in [2.45, 2.75) is 61.5 Å². The number of nitrogens with one attached hydrogen (secondary N) is 2. The van der Waals surface area contributed by atoms with Gasteiger partial charge in [-0.1, -0.05) is 47.6 Å². The minimum absolute atomic E-state index is 0.168. The maximum atomic E-state index is 14.5. The standard InChI is InChI=1S/C26H26ClF3N4O3S/c27-19-7-2-1-6-18(19)22(23(36)32-16-13-26(29,30)14-16)33(17-5-3-4-15(28)12-17)24(37)20-8-9-21(35)34(20)25-31-10-11-38-25/h1-7,10-12,16,20,22,24-25,31,37H,8-9,13-14H2,(H,32,36)/t20-,22+,24?,25?/m0/s1. The molecule has 12 heteroatoms. The first-order valence-electron chi connectivity index (χ1n) is 12.2. The van der Waals surface area contributed by atoms with Crippen molar-refractivity contribution in [2.75, 3.05) is 4.90 Å². The number of anilines is 1. The lowest BCUT2D eigenvalue weighted by atomic mass is 9.87. The van der Waals surface area contributed by atoms with Gasteiger partial charge in [-0.3, -0.25) is 9.59 Å². The van der Waals surface area contributed by atoms with Gasteiger partial charge in [-0.25, -0.2) is 13.2 Å². The second kappa shape index (κ2) is 10.7. The fourth-order valence-corrected chi connectivity index (χ4v) is 6.28. The SMILES string of the molecule is O=C(NC1CC(F)(F)C1)[C@@H](c1ccccc1Cl)N(c1cccc(F)c1)C(O)[C@@H]1CCC(=O)N1C1NC=CS1. The number of hydrogen-bond acceptors (Lipinski definition) is 6. The summed E-state index contributed by atoms with van der Waals surface area (Å²) < 4.78 is 41.5. The fourth-order valence-electron chi connectivity index (χ4n) is 5.18. The van der Waals surface area contributed by atoms with Crippen molar-refractivity contribution in [3.8, 4) is 0 Å². The molecule has 7 nitrogen and oxygen atoms in total. The van der Waals surface area contributed by atoms with Crippen LogP contribution in [0.3, 0.4) is 0 Å². The lowest BCUT2D eigenvalue weighted by Crippen LogP contribution is -2.59. The average Bonchev–Trinajstić information content (AvgIpc) is 3.51. The molecule has 2 fully saturated rings. The number of carbonyl (C=O) groups is 2. The van der Waals surface area contributed by atoms with Gasteiger partial charge in [-0.05, 0) is 36.1 Å². The summed E-state index contributed by atoms with van der Waals surface area (Å²) in [6, 6.07) is 9.03. The number of hydrogen-bond donors (Lipinski definition) is 3. The molecule has 2 amide bonds. The van der Waals surface area contributed by atoms with Crippen molar-refractivity contribution >= 4 is 40.9 Å². The molecule has 0 aromatic heterocycles. The Bertz CT molecular complexity index is 1240. The van der Waals surface area contributed by atoms with Gasteiger partial charge >= 0.3 is 0 Å². The molecule has 38 heavy (non-hydrogen) atoms. The van der Waals surface area contributed by atoms with Crippen molar-refractivity contribution < 1.29 is 27.9 Å². The van der Waals surface area contributed by atoms with Gasteiger partial charge in [0.15, 0.2) is 5.50 Å². The molecule has 202 valence electrons. The van der Waals surface area contributed by atoms with E-state index < -0.39 is 60.3 Å². The van der Waals surface area contributed by atoms with Crippen molar-refractivity contribution in [1.29, 1.82) is 0 Å². The van der Waals surface area contributed by atoms with E-state index in [1.165, 1.54) is 45.8 Å². The first kappa shape index (κ1) is 26.7. The van der Waals surface area contributed by atoms with Crippen molar-refractivity contribution in [1.82, 2.24) is 15.5 Å². The maximum absolute atomic E-state index is 14.5. The van der Waals surface area contributed by atoms with E-state index in [9.17, 15) is 27.9 Å². The molecular formula is C26H26ClF3N4O3S. The number of amides is 2. The average molecular weight is 567 g/mol. The molecule has 0 spiro atoms. The molecule has 2 aromatic rings. The molecule has 2 heterocycles. The highest BCUT2D eigenvalue weighted by Gasteiger charge is 2.49. The summed E-state index contributed by atoms with van der Waals surface area (Å²) >= 11 is 7.87. The molecular weight excluding hydrogens is 541 g/mol. The van der Waals surface area contributed by atoms with E-state index in [0.717, 1.165) is 0 Å². The monoisotopic (exact) mass is 566 g/mol. The summed E-state index contributed by atoms with van der Waals surface area (Å²) in [5.41, 5.74) is 0.0109. The van der Waals surface area contributed by atoms with Crippen LogP contribution >= 0.6 is 23.4 Å². The highest BCUT2D eigenvalue weighted by molar-refractivity contribution is 8.02. The number of likely N-dealkylation sites (tertiary alicyclic amines) is 1. The number of nitrogens with zero attached hydrogens (tertiary/aromatic N) is 2. The normalized spacial score (nSPS) is 24.0. The predicted molar refractivity (Wildman–Crippen MR) is 139 cm³/mol. The van der Waals surface area contributed by atoms with E-state index in [2.05, 4.69) is 10.6 Å². The van der Waals surface area contributed by atoms with Crippen molar-refractivity contribution in [3.05, 3.63) is 76.5 Å². The highest BCUT2D eigenvalue weighted by Crippen LogP contribution is 2.40. The largest absolute Gasteiger partial charge is 0.371 e. The predicted octanol–water partition coefficient (Wildman–Crippen LogP) is 4.34. The second-order valence-electron chi connectivity index (χ2n) is 9.56. The number of thioether (sulfide) groups is 1. The van der Waals surface area contributed by atoms with E-state index in [1.807, 2.05) is 0 Å². The van der Waals surface area contributed by atoms with Crippen LogP contribution in [0, 0.1) is 5.82 Å². The molecule has 2 aromatic carbocycles. The Morgan fingerprint density at radius 1 is 1.24 bits per heavy atom. The Morgan fingerprint density at radius 3 is 2.66 bits per heavy atom.